The number of hydrogen-bond donors (Lipinski definition) is 2. The number of benzene rings is 1. The topological polar surface area (TPSA) is 126 Å². The fraction of sp³-hybridized carbons (Fsp3) is 0.519. The third-order valence-corrected chi connectivity index (χ3v) is 7.78. The lowest BCUT2D eigenvalue weighted by Gasteiger charge is -2.43. The summed E-state index contributed by atoms with van der Waals surface area (Å²) in [6.45, 7) is 3.77. The van der Waals surface area contributed by atoms with Gasteiger partial charge in [-0.25, -0.2) is 9.97 Å². The Hall–Kier alpha value is -3.55. The molecule has 2 N–H and O–H groups in total. The van der Waals surface area contributed by atoms with Crippen LogP contribution in [0.1, 0.15) is 47.3 Å². The molecule has 2 aromatic rings. The molecule has 3 aliphatic rings. The highest BCUT2D eigenvalue weighted by Gasteiger charge is 2.35. The minimum Gasteiger partial charge on any atom is -0.390 e. The van der Waals surface area contributed by atoms with Gasteiger partial charge in [-0.1, -0.05) is 24.3 Å². The summed E-state index contributed by atoms with van der Waals surface area (Å²) < 4.78 is 0. The Labute approximate surface area is 216 Å². The summed E-state index contributed by atoms with van der Waals surface area (Å²) in [5.74, 6) is 0.235. The van der Waals surface area contributed by atoms with Gasteiger partial charge in [0.05, 0.1) is 12.2 Å². The highest BCUT2D eigenvalue weighted by molar-refractivity contribution is 5.93. The number of fused-ring (bicyclic) bond motifs is 1. The molecule has 10 nitrogen and oxygen atoms in total. The number of carbonyl (C=O) groups is 2. The van der Waals surface area contributed by atoms with E-state index in [4.69, 9.17) is 5.26 Å². The van der Waals surface area contributed by atoms with Crippen LogP contribution in [0.25, 0.3) is 0 Å². The number of hydrogen-bond acceptors (Lipinski definition) is 8. The minimum absolute atomic E-state index is 0.0333. The first-order valence-electron chi connectivity index (χ1n) is 13.0. The van der Waals surface area contributed by atoms with Crippen molar-refractivity contribution in [1.29, 1.82) is 5.26 Å². The van der Waals surface area contributed by atoms with Crippen LogP contribution in [-0.4, -0.2) is 92.5 Å². The Morgan fingerprint density at radius 3 is 2.57 bits per heavy atom. The highest BCUT2D eigenvalue weighted by Crippen LogP contribution is 2.26. The molecule has 3 aliphatic heterocycles. The molecule has 0 spiro atoms. The summed E-state index contributed by atoms with van der Waals surface area (Å²) in [4.78, 5) is 39.4. The van der Waals surface area contributed by atoms with Gasteiger partial charge in [0, 0.05) is 57.4 Å². The summed E-state index contributed by atoms with van der Waals surface area (Å²) in [5, 5.41) is 23.1. The Kier molecular flexibility index (Phi) is 7.63. The number of amides is 2. The van der Waals surface area contributed by atoms with Gasteiger partial charge in [0.15, 0.2) is 0 Å². The number of β-amino-alcohol motifs (C(OH)–C–C–N with tert-alkyl or cyclic N) is 1. The fourth-order valence-electron chi connectivity index (χ4n) is 5.71. The molecule has 2 fully saturated rings. The van der Waals surface area contributed by atoms with Gasteiger partial charge in [0.25, 0.3) is 5.91 Å². The molecule has 2 amide bonds. The molecule has 5 rings (SSSR count). The summed E-state index contributed by atoms with van der Waals surface area (Å²) >= 11 is 0. The van der Waals surface area contributed by atoms with E-state index in [-0.39, 0.29) is 36.9 Å². The minimum atomic E-state index is -0.615. The van der Waals surface area contributed by atoms with Gasteiger partial charge in [0.2, 0.25) is 5.91 Å². The van der Waals surface area contributed by atoms with E-state index in [0.717, 1.165) is 32.4 Å². The zero-order chi connectivity index (χ0) is 25.8. The molecule has 2 atom stereocenters. The number of aliphatic hydroxyl groups is 1. The number of carbonyl (C=O) groups excluding carboxylic acids is 2. The SMILES string of the molecule is N#CCC(=O)N1CCC(Nc2cc(C(=O)N3CC[C@@H](N4CCc5ccccc5C4)[C@H](O)C3)ncn2)CC1. The van der Waals surface area contributed by atoms with E-state index < -0.39 is 6.10 Å². The lowest BCUT2D eigenvalue weighted by Crippen LogP contribution is -2.56. The van der Waals surface area contributed by atoms with Gasteiger partial charge in [-0.05, 0) is 36.8 Å². The highest BCUT2D eigenvalue weighted by atomic mass is 16.3. The van der Waals surface area contributed by atoms with E-state index in [1.807, 2.05) is 6.07 Å². The van der Waals surface area contributed by atoms with Gasteiger partial charge < -0.3 is 20.2 Å². The van der Waals surface area contributed by atoms with Crippen molar-refractivity contribution in [1.82, 2.24) is 24.7 Å². The molecule has 2 saturated heterocycles. The maximum Gasteiger partial charge on any atom is 0.272 e. The zero-order valence-corrected chi connectivity index (χ0v) is 20.9. The largest absolute Gasteiger partial charge is 0.390 e. The molecule has 1 aromatic heterocycles. The summed E-state index contributed by atoms with van der Waals surface area (Å²) in [6, 6.07) is 12.2. The first kappa shape index (κ1) is 25.1. The van der Waals surface area contributed by atoms with Crippen molar-refractivity contribution >= 4 is 17.6 Å². The van der Waals surface area contributed by atoms with Crippen LogP contribution in [0.15, 0.2) is 36.7 Å². The second-order valence-corrected chi connectivity index (χ2v) is 10.1. The lowest BCUT2D eigenvalue weighted by molar-refractivity contribution is -0.131. The van der Waals surface area contributed by atoms with Crippen molar-refractivity contribution < 1.29 is 14.7 Å². The summed E-state index contributed by atoms with van der Waals surface area (Å²) in [7, 11) is 0. The second-order valence-electron chi connectivity index (χ2n) is 10.1. The van der Waals surface area contributed by atoms with Crippen LogP contribution < -0.4 is 5.32 Å². The zero-order valence-electron chi connectivity index (χ0n) is 20.9. The quantitative estimate of drug-likeness (QED) is 0.628. The fourth-order valence-corrected chi connectivity index (χ4v) is 5.71. The number of nitrogens with one attached hydrogen (secondary N) is 1. The standard InChI is InChI=1S/C27H33N7O3/c28-10-5-26(36)32-12-7-21(8-13-32)31-25-15-22(29-18-30-25)27(37)34-14-9-23(24(35)17-34)33-11-6-19-3-1-2-4-20(19)16-33/h1-4,15,18,21,23-24,35H,5-9,11-14,16-17H2,(H,29,30,31)/t23-,24-/m1/s1. The van der Waals surface area contributed by atoms with Crippen LogP contribution >= 0.6 is 0 Å². The maximum absolute atomic E-state index is 13.2. The Bertz CT molecular complexity index is 1170. The molecule has 0 bridgehead atoms. The number of anilines is 1. The van der Waals surface area contributed by atoms with E-state index in [1.54, 1.807) is 15.9 Å². The van der Waals surface area contributed by atoms with E-state index in [0.29, 0.717) is 37.6 Å². The molecule has 0 unspecified atom stereocenters. The Morgan fingerprint density at radius 2 is 1.81 bits per heavy atom. The van der Waals surface area contributed by atoms with Gasteiger partial charge in [-0.3, -0.25) is 14.5 Å². The number of likely N-dealkylation sites (tertiary alicyclic amines) is 2. The first-order chi connectivity index (χ1) is 18.0. The van der Waals surface area contributed by atoms with Crippen molar-refractivity contribution in [3.63, 3.8) is 0 Å². The van der Waals surface area contributed by atoms with E-state index >= 15 is 0 Å². The van der Waals surface area contributed by atoms with Crippen molar-refractivity contribution in [2.75, 3.05) is 38.0 Å². The number of nitrogens with zero attached hydrogens (tertiary/aromatic N) is 6. The number of nitriles is 1. The van der Waals surface area contributed by atoms with Crippen LogP contribution in [0, 0.1) is 11.3 Å². The van der Waals surface area contributed by atoms with Crippen LogP contribution in [-0.2, 0) is 17.8 Å². The molecular weight excluding hydrogens is 470 g/mol. The smallest absolute Gasteiger partial charge is 0.272 e. The molecular formula is C27H33N7O3. The molecule has 1 aromatic carbocycles. The lowest BCUT2D eigenvalue weighted by atomic mass is 9.94. The van der Waals surface area contributed by atoms with Gasteiger partial charge in [0.1, 0.15) is 24.3 Å². The Balaban J connectivity index is 1.15. The molecule has 0 radical (unpaired) electrons. The van der Waals surface area contributed by atoms with Crippen LogP contribution in [0.3, 0.4) is 0 Å². The van der Waals surface area contributed by atoms with Crippen molar-refractivity contribution in [2.45, 2.75) is 56.8 Å². The van der Waals surface area contributed by atoms with Crippen molar-refractivity contribution in [3.05, 3.63) is 53.5 Å². The van der Waals surface area contributed by atoms with Crippen molar-refractivity contribution in [2.24, 2.45) is 0 Å². The first-order valence-corrected chi connectivity index (χ1v) is 13.0. The average molecular weight is 504 g/mol. The summed E-state index contributed by atoms with van der Waals surface area (Å²) in [5.41, 5.74) is 3.00. The number of aromatic nitrogens is 2. The number of rotatable bonds is 5. The van der Waals surface area contributed by atoms with E-state index in [9.17, 15) is 14.7 Å². The van der Waals surface area contributed by atoms with Crippen LogP contribution in [0.4, 0.5) is 5.82 Å². The predicted molar refractivity (Wildman–Crippen MR) is 136 cm³/mol. The molecule has 0 aliphatic carbocycles. The Morgan fingerprint density at radius 1 is 1.05 bits per heavy atom. The van der Waals surface area contributed by atoms with Crippen LogP contribution in [0.2, 0.25) is 0 Å². The summed E-state index contributed by atoms with van der Waals surface area (Å²) in [6.07, 6.45) is 3.86. The predicted octanol–water partition coefficient (Wildman–Crippen LogP) is 1.43. The average Bonchev–Trinajstić information content (AvgIpc) is 2.93. The van der Waals surface area contributed by atoms with Gasteiger partial charge in [-0.2, -0.15) is 5.26 Å². The second kappa shape index (κ2) is 11.2. The third kappa shape index (κ3) is 5.73. The monoisotopic (exact) mass is 503 g/mol. The van der Waals surface area contributed by atoms with E-state index in [2.05, 4.69) is 44.5 Å². The molecule has 0 saturated carbocycles. The van der Waals surface area contributed by atoms with Gasteiger partial charge in [-0.15, -0.1) is 0 Å². The molecule has 10 heteroatoms. The van der Waals surface area contributed by atoms with E-state index in [1.165, 1.54) is 17.5 Å². The normalized spacial score (nSPS) is 22.7. The molecule has 4 heterocycles. The molecule has 194 valence electrons. The van der Waals surface area contributed by atoms with Crippen molar-refractivity contribution in [3.8, 4) is 6.07 Å². The van der Waals surface area contributed by atoms with Crippen LogP contribution in [0.5, 0.6) is 0 Å². The number of piperidine rings is 2. The number of aliphatic hydroxyl groups excluding tert-OH is 1. The molecule has 37 heavy (non-hydrogen) atoms. The maximum atomic E-state index is 13.2. The van der Waals surface area contributed by atoms with Gasteiger partial charge >= 0.3 is 0 Å². The third-order valence-electron chi connectivity index (χ3n) is 7.78.